The van der Waals surface area contributed by atoms with Gasteiger partial charge in [0.1, 0.15) is 0 Å². The maximum atomic E-state index is 5.81. The van der Waals surface area contributed by atoms with E-state index in [9.17, 15) is 0 Å². The molecule has 1 aromatic carbocycles. The van der Waals surface area contributed by atoms with Crippen LogP contribution in [0, 0.1) is 0 Å². The Bertz CT molecular complexity index is 596. The van der Waals surface area contributed by atoms with E-state index < -0.39 is 0 Å². The highest BCUT2D eigenvalue weighted by Crippen LogP contribution is 2.28. The average molecular weight is 317 g/mol. The van der Waals surface area contributed by atoms with E-state index >= 15 is 0 Å². The molecule has 0 aliphatic heterocycles. The number of hydrogen-bond donors (Lipinski definition) is 1. The number of aryl methyl sites for hydroxylation is 1. The highest BCUT2D eigenvalue weighted by atomic mass is 16.5. The van der Waals surface area contributed by atoms with Crippen molar-refractivity contribution in [3.63, 3.8) is 0 Å². The number of aromatic nitrogens is 2. The van der Waals surface area contributed by atoms with Crippen molar-refractivity contribution in [2.75, 3.05) is 13.2 Å². The van der Waals surface area contributed by atoms with Crippen molar-refractivity contribution in [1.82, 2.24) is 15.1 Å². The Hall–Kier alpha value is -2.01. The second kappa shape index (κ2) is 9.20. The fraction of sp³-hybridized carbons (Fsp3) is 0.500. The van der Waals surface area contributed by atoms with Gasteiger partial charge >= 0.3 is 0 Å². The summed E-state index contributed by atoms with van der Waals surface area (Å²) in [5.41, 5.74) is 2.36. The molecule has 0 atom stereocenters. The normalized spacial score (nSPS) is 10.7. The molecule has 1 aromatic heterocycles. The molecule has 0 aliphatic rings. The minimum Gasteiger partial charge on any atom is -0.490 e. The molecular weight excluding hydrogens is 290 g/mol. The lowest BCUT2D eigenvalue weighted by Gasteiger charge is -2.13. The summed E-state index contributed by atoms with van der Waals surface area (Å²) < 4.78 is 13.3. The van der Waals surface area contributed by atoms with E-state index in [1.54, 1.807) is 0 Å². The van der Waals surface area contributed by atoms with Gasteiger partial charge in [-0.2, -0.15) is 5.10 Å². The van der Waals surface area contributed by atoms with Crippen molar-refractivity contribution in [2.24, 2.45) is 7.05 Å². The fourth-order valence-electron chi connectivity index (χ4n) is 2.29. The smallest absolute Gasteiger partial charge is 0.161 e. The van der Waals surface area contributed by atoms with Crippen LogP contribution in [0.5, 0.6) is 11.5 Å². The third-order valence-electron chi connectivity index (χ3n) is 3.48. The molecule has 0 amide bonds. The lowest BCUT2D eigenvalue weighted by molar-refractivity contribution is 0.272. The van der Waals surface area contributed by atoms with Crippen LogP contribution in [0.25, 0.3) is 0 Å². The summed E-state index contributed by atoms with van der Waals surface area (Å²) in [6.45, 7) is 7.09. The summed E-state index contributed by atoms with van der Waals surface area (Å²) in [5, 5.41) is 7.59. The van der Waals surface area contributed by atoms with Gasteiger partial charge in [-0.05, 0) is 31.0 Å². The van der Waals surface area contributed by atoms with Crippen LogP contribution in [0.1, 0.15) is 37.8 Å². The highest BCUT2D eigenvalue weighted by molar-refractivity contribution is 5.43. The Morgan fingerprint density at radius 3 is 2.61 bits per heavy atom. The summed E-state index contributed by atoms with van der Waals surface area (Å²) in [6.07, 6.45) is 6.08. The standard InChI is InChI=1S/C18H27N3O2/c1-4-6-9-23-17-8-7-15(10-18(17)22-5-2)11-19-12-16-13-20-21(3)14-16/h7-8,10,13-14,19H,4-6,9,11-12H2,1-3H3. The number of nitrogens with zero attached hydrogens (tertiary/aromatic N) is 2. The molecule has 23 heavy (non-hydrogen) atoms. The van der Waals surface area contributed by atoms with Crippen LogP contribution in [0.3, 0.4) is 0 Å². The van der Waals surface area contributed by atoms with E-state index in [2.05, 4.69) is 29.5 Å². The molecule has 0 spiro atoms. The van der Waals surface area contributed by atoms with E-state index in [0.29, 0.717) is 6.61 Å². The molecule has 1 heterocycles. The minimum absolute atomic E-state index is 0.636. The number of nitrogens with one attached hydrogen (secondary N) is 1. The Labute approximate surface area is 138 Å². The van der Waals surface area contributed by atoms with Gasteiger partial charge in [-0.25, -0.2) is 0 Å². The second-order valence-corrected chi connectivity index (χ2v) is 5.54. The SMILES string of the molecule is CCCCOc1ccc(CNCc2cnn(C)c2)cc1OCC. The number of benzene rings is 1. The predicted octanol–water partition coefficient (Wildman–Crippen LogP) is 3.29. The molecule has 0 fully saturated rings. The van der Waals surface area contributed by atoms with Gasteiger partial charge in [0.05, 0.1) is 19.4 Å². The Morgan fingerprint density at radius 1 is 1.09 bits per heavy atom. The van der Waals surface area contributed by atoms with Gasteiger partial charge in [0, 0.05) is 31.9 Å². The van der Waals surface area contributed by atoms with Crippen LogP contribution in [0.15, 0.2) is 30.6 Å². The van der Waals surface area contributed by atoms with Gasteiger partial charge in [0.15, 0.2) is 11.5 Å². The van der Waals surface area contributed by atoms with Crippen LogP contribution in [-0.4, -0.2) is 23.0 Å². The molecule has 0 saturated carbocycles. The van der Waals surface area contributed by atoms with Crippen molar-refractivity contribution in [3.8, 4) is 11.5 Å². The number of hydrogen-bond acceptors (Lipinski definition) is 4. The van der Waals surface area contributed by atoms with Crippen molar-refractivity contribution in [1.29, 1.82) is 0 Å². The number of ether oxygens (including phenoxy) is 2. The summed E-state index contributed by atoms with van der Waals surface area (Å²) in [7, 11) is 1.93. The van der Waals surface area contributed by atoms with E-state index in [0.717, 1.165) is 44.0 Å². The summed E-state index contributed by atoms with van der Waals surface area (Å²) >= 11 is 0. The molecule has 0 aliphatic carbocycles. The second-order valence-electron chi connectivity index (χ2n) is 5.54. The molecule has 2 aromatic rings. The van der Waals surface area contributed by atoms with Crippen LogP contribution in [0.2, 0.25) is 0 Å². The molecule has 5 nitrogen and oxygen atoms in total. The summed E-state index contributed by atoms with van der Waals surface area (Å²) in [4.78, 5) is 0. The highest BCUT2D eigenvalue weighted by Gasteiger charge is 2.06. The minimum atomic E-state index is 0.636. The topological polar surface area (TPSA) is 48.3 Å². The first-order chi connectivity index (χ1) is 11.2. The Morgan fingerprint density at radius 2 is 1.91 bits per heavy atom. The molecule has 5 heteroatoms. The van der Waals surface area contributed by atoms with Crippen molar-refractivity contribution in [2.45, 2.75) is 39.8 Å². The predicted molar refractivity (Wildman–Crippen MR) is 91.8 cm³/mol. The zero-order valence-electron chi connectivity index (χ0n) is 14.3. The number of unbranched alkanes of at least 4 members (excludes halogenated alkanes) is 1. The molecule has 0 saturated heterocycles. The number of rotatable bonds is 10. The molecule has 0 bridgehead atoms. The van der Waals surface area contributed by atoms with Gasteiger partial charge in [-0.1, -0.05) is 19.4 Å². The van der Waals surface area contributed by atoms with Crippen LogP contribution in [-0.2, 0) is 20.1 Å². The third-order valence-corrected chi connectivity index (χ3v) is 3.48. The van der Waals surface area contributed by atoms with E-state index in [4.69, 9.17) is 9.47 Å². The molecule has 1 N–H and O–H groups in total. The lowest BCUT2D eigenvalue weighted by Crippen LogP contribution is -2.12. The largest absolute Gasteiger partial charge is 0.490 e. The van der Waals surface area contributed by atoms with Crippen molar-refractivity contribution < 1.29 is 9.47 Å². The van der Waals surface area contributed by atoms with Crippen molar-refractivity contribution >= 4 is 0 Å². The lowest BCUT2D eigenvalue weighted by atomic mass is 10.2. The monoisotopic (exact) mass is 317 g/mol. The Balaban J connectivity index is 1.91. The quantitative estimate of drug-likeness (QED) is 0.683. The first-order valence-electron chi connectivity index (χ1n) is 8.29. The van der Waals surface area contributed by atoms with E-state index in [1.165, 1.54) is 11.1 Å². The zero-order chi connectivity index (χ0) is 16.5. The zero-order valence-corrected chi connectivity index (χ0v) is 14.3. The molecule has 0 unspecified atom stereocenters. The maximum absolute atomic E-state index is 5.81. The Kier molecular flexibility index (Phi) is 6.94. The van der Waals surface area contributed by atoms with Gasteiger partial charge in [-0.3, -0.25) is 4.68 Å². The van der Waals surface area contributed by atoms with E-state index in [1.807, 2.05) is 37.1 Å². The summed E-state index contributed by atoms with van der Waals surface area (Å²) in [6, 6.07) is 6.14. The summed E-state index contributed by atoms with van der Waals surface area (Å²) in [5.74, 6) is 1.65. The molecule has 0 radical (unpaired) electrons. The fourth-order valence-corrected chi connectivity index (χ4v) is 2.29. The van der Waals surface area contributed by atoms with Gasteiger partial charge in [0.25, 0.3) is 0 Å². The van der Waals surface area contributed by atoms with Gasteiger partial charge < -0.3 is 14.8 Å². The molecule has 2 rings (SSSR count). The first-order valence-corrected chi connectivity index (χ1v) is 8.29. The van der Waals surface area contributed by atoms with Crippen LogP contribution in [0.4, 0.5) is 0 Å². The third kappa shape index (κ3) is 5.60. The van der Waals surface area contributed by atoms with Gasteiger partial charge in [-0.15, -0.1) is 0 Å². The van der Waals surface area contributed by atoms with Crippen LogP contribution < -0.4 is 14.8 Å². The average Bonchev–Trinajstić information content (AvgIpc) is 2.95. The molecular formula is C18H27N3O2. The molecule has 126 valence electrons. The first kappa shape index (κ1) is 17.3. The van der Waals surface area contributed by atoms with Crippen molar-refractivity contribution in [3.05, 3.63) is 41.7 Å². The van der Waals surface area contributed by atoms with Gasteiger partial charge in [0.2, 0.25) is 0 Å². The van der Waals surface area contributed by atoms with Crippen LogP contribution >= 0.6 is 0 Å². The van der Waals surface area contributed by atoms with E-state index in [-0.39, 0.29) is 0 Å². The maximum Gasteiger partial charge on any atom is 0.161 e.